The maximum atomic E-state index is 11.1. The molecule has 0 spiro atoms. The molecule has 1 N–H and O–H groups in total. The number of benzene rings is 2. The average molecular weight is 246 g/mol. The second-order valence-corrected chi connectivity index (χ2v) is 3.80. The zero-order valence-corrected chi connectivity index (χ0v) is 10.3. The quantitative estimate of drug-likeness (QED) is 0.901. The fourth-order valence-corrected chi connectivity index (χ4v) is 1.84. The first-order chi connectivity index (χ1) is 8.65. The molecule has 0 aliphatic rings. The first-order valence-corrected chi connectivity index (χ1v) is 5.63. The van der Waals surface area contributed by atoms with Gasteiger partial charge in [0.1, 0.15) is 11.5 Å². The van der Waals surface area contributed by atoms with E-state index in [4.69, 9.17) is 14.6 Å². The summed E-state index contributed by atoms with van der Waals surface area (Å²) in [5.74, 6) is 0.295. The summed E-state index contributed by atoms with van der Waals surface area (Å²) in [4.78, 5) is 11.1. The fourth-order valence-electron chi connectivity index (χ4n) is 1.84. The van der Waals surface area contributed by atoms with Crippen LogP contribution in [0.3, 0.4) is 0 Å². The summed E-state index contributed by atoms with van der Waals surface area (Å²) >= 11 is 0. The minimum absolute atomic E-state index is 0.208. The highest BCUT2D eigenvalue weighted by atomic mass is 16.5. The van der Waals surface area contributed by atoms with Gasteiger partial charge in [0.25, 0.3) is 0 Å². The van der Waals surface area contributed by atoms with Gasteiger partial charge in [-0.25, -0.2) is 4.79 Å². The molecule has 0 aliphatic carbocycles. The Morgan fingerprint density at radius 3 is 2.67 bits per heavy atom. The molecule has 0 bridgehead atoms. The molecule has 0 fully saturated rings. The lowest BCUT2D eigenvalue weighted by Crippen LogP contribution is -1.99. The maximum Gasteiger partial charge on any atom is 0.335 e. The zero-order valence-electron chi connectivity index (χ0n) is 10.3. The monoisotopic (exact) mass is 246 g/mol. The molecule has 94 valence electrons. The van der Waals surface area contributed by atoms with Crippen LogP contribution in [0.1, 0.15) is 17.3 Å². The Hall–Kier alpha value is -2.23. The van der Waals surface area contributed by atoms with E-state index in [-0.39, 0.29) is 5.56 Å². The molecule has 0 saturated heterocycles. The molecule has 0 heterocycles. The van der Waals surface area contributed by atoms with Crippen molar-refractivity contribution in [2.45, 2.75) is 6.92 Å². The number of hydrogen-bond donors (Lipinski definition) is 1. The standard InChI is InChI=1S/C14H14O4/c1-3-18-13-8-10(14(15)16)6-9-7-11(17-2)4-5-12(9)13/h4-8H,3H2,1-2H3,(H,15,16). The van der Waals surface area contributed by atoms with Crippen LogP contribution in [-0.2, 0) is 0 Å². The lowest BCUT2D eigenvalue weighted by molar-refractivity contribution is 0.0696. The van der Waals surface area contributed by atoms with Crippen molar-refractivity contribution in [3.05, 3.63) is 35.9 Å². The van der Waals surface area contributed by atoms with E-state index in [1.807, 2.05) is 19.1 Å². The van der Waals surface area contributed by atoms with Crippen molar-refractivity contribution in [3.8, 4) is 11.5 Å². The number of rotatable bonds is 4. The third-order valence-electron chi connectivity index (χ3n) is 2.67. The minimum Gasteiger partial charge on any atom is -0.497 e. The summed E-state index contributed by atoms with van der Waals surface area (Å²) in [6.45, 7) is 2.35. The summed E-state index contributed by atoms with van der Waals surface area (Å²) < 4.78 is 10.6. The van der Waals surface area contributed by atoms with Crippen molar-refractivity contribution in [1.29, 1.82) is 0 Å². The van der Waals surface area contributed by atoms with Gasteiger partial charge in [0.05, 0.1) is 19.3 Å². The first-order valence-electron chi connectivity index (χ1n) is 5.63. The summed E-state index contributed by atoms with van der Waals surface area (Å²) in [6, 6.07) is 8.64. The van der Waals surface area contributed by atoms with Crippen LogP contribution in [0.25, 0.3) is 10.8 Å². The van der Waals surface area contributed by atoms with Crippen molar-refractivity contribution < 1.29 is 19.4 Å². The number of ether oxygens (including phenoxy) is 2. The normalized spacial score (nSPS) is 10.3. The Balaban J connectivity index is 2.68. The highest BCUT2D eigenvalue weighted by Gasteiger charge is 2.10. The van der Waals surface area contributed by atoms with Gasteiger partial charge < -0.3 is 14.6 Å². The highest BCUT2D eigenvalue weighted by Crippen LogP contribution is 2.30. The average Bonchev–Trinajstić information content (AvgIpc) is 2.38. The molecule has 0 unspecified atom stereocenters. The zero-order chi connectivity index (χ0) is 13.1. The van der Waals surface area contributed by atoms with Crippen molar-refractivity contribution >= 4 is 16.7 Å². The molecule has 0 aromatic heterocycles. The van der Waals surface area contributed by atoms with Gasteiger partial charge in [-0.1, -0.05) is 0 Å². The van der Waals surface area contributed by atoms with Crippen molar-refractivity contribution in [2.24, 2.45) is 0 Å². The molecule has 0 amide bonds. The van der Waals surface area contributed by atoms with E-state index in [1.54, 1.807) is 25.3 Å². The molecule has 2 aromatic rings. The SMILES string of the molecule is CCOc1cc(C(=O)O)cc2cc(OC)ccc12. The number of methoxy groups -OCH3 is 1. The number of carboxylic acids is 1. The van der Waals surface area contributed by atoms with Crippen LogP contribution in [0.5, 0.6) is 11.5 Å². The number of carbonyl (C=O) groups is 1. The minimum atomic E-state index is -0.972. The van der Waals surface area contributed by atoms with E-state index in [0.717, 1.165) is 10.8 Å². The van der Waals surface area contributed by atoms with Crippen LogP contribution in [0.2, 0.25) is 0 Å². The van der Waals surface area contributed by atoms with E-state index < -0.39 is 5.97 Å². The molecule has 18 heavy (non-hydrogen) atoms. The van der Waals surface area contributed by atoms with Gasteiger partial charge in [-0.2, -0.15) is 0 Å². The lowest BCUT2D eigenvalue weighted by atomic mass is 10.1. The predicted molar refractivity (Wildman–Crippen MR) is 68.6 cm³/mol. The summed E-state index contributed by atoms with van der Waals surface area (Å²) in [6.07, 6.45) is 0. The summed E-state index contributed by atoms with van der Waals surface area (Å²) in [5.41, 5.74) is 0.208. The molecule has 0 atom stereocenters. The molecular weight excluding hydrogens is 232 g/mol. The van der Waals surface area contributed by atoms with Crippen molar-refractivity contribution in [1.82, 2.24) is 0 Å². The number of hydrogen-bond acceptors (Lipinski definition) is 3. The third-order valence-corrected chi connectivity index (χ3v) is 2.67. The van der Waals surface area contributed by atoms with E-state index in [2.05, 4.69) is 0 Å². The van der Waals surface area contributed by atoms with Crippen LogP contribution in [0.15, 0.2) is 30.3 Å². The van der Waals surface area contributed by atoms with Gasteiger partial charge in [0.2, 0.25) is 0 Å². The van der Waals surface area contributed by atoms with Gasteiger partial charge in [-0.15, -0.1) is 0 Å². The highest BCUT2D eigenvalue weighted by molar-refractivity contribution is 5.98. The molecule has 4 nitrogen and oxygen atoms in total. The largest absolute Gasteiger partial charge is 0.497 e. The lowest BCUT2D eigenvalue weighted by Gasteiger charge is -2.10. The second-order valence-electron chi connectivity index (χ2n) is 3.80. The van der Waals surface area contributed by atoms with Crippen LogP contribution in [-0.4, -0.2) is 24.8 Å². The van der Waals surface area contributed by atoms with Gasteiger partial charge in [-0.05, 0) is 42.6 Å². The predicted octanol–water partition coefficient (Wildman–Crippen LogP) is 2.95. The molecular formula is C14H14O4. The fraction of sp³-hybridized carbons (Fsp3) is 0.214. The number of fused-ring (bicyclic) bond motifs is 1. The Bertz CT molecular complexity index is 590. The molecule has 4 heteroatoms. The van der Waals surface area contributed by atoms with Gasteiger partial charge >= 0.3 is 5.97 Å². The number of aromatic carboxylic acids is 1. The van der Waals surface area contributed by atoms with E-state index in [0.29, 0.717) is 18.1 Å². The number of carboxylic acid groups (broad SMARTS) is 1. The van der Waals surface area contributed by atoms with Crippen LogP contribution < -0.4 is 9.47 Å². The summed E-state index contributed by atoms with van der Waals surface area (Å²) in [5, 5.41) is 10.7. The molecule has 2 aromatic carbocycles. The third kappa shape index (κ3) is 2.22. The Kier molecular flexibility index (Phi) is 3.37. The van der Waals surface area contributed by atoms with E-state index in [1.165, 1.54) is 0 Å². The van der Waals surface area contributed by atoms with Crippen molar-refractivity contribution in [3.63, 3.8) is 0 Å². The van der Waals surface area contributed by atoms with Crippen LogP contribution in [0, 0.1) is 0 Å². The Morgan fingerprint density at radius 1 is 1.28 bits per heavy atom. The molecule has 2 rings (SSSR count). The van der Waals surface area contributed by atoms with Crippen molar-refractivity contribution in [2.75, 3.05) is 13.7 Å². The van der Waals surface area contributed by atoms with Crippen LogP contribution in [0.4, 0.5) is 0 Å². The molecule has 0 radical (unpaired) electrons. The topological polar surface area (TPSA) is 55.8 Å². The van der Waals surface area contributed by atoms with Crippen LogP contribution >= 0.6 is 0 Å². The first kappa shape index (κ1) is 12.2. The molecule has 0 saturated carbocycles. The van der Waals surface area contributed by atoms with Gasteiger partial charge in [0.15, 0.2) is 0 Å². The van der Waals surface area contributed by atoms with Gasteiger partial charge in [-0.3, -0.25) is 0 Å². The molecule has 0 aliphatic heterocycles. The Morgan fingerprint density at radius 2 is 2.06 bits per heavy atom. The second kappa shape index (κ2) is 4.96. The Labute approximate surface area is 105 Å². The van der Waals surface area contributed by atoms with E-state index >= 15 is 0 Å². The van der Waals surface area contributed by atoms with E-state index in [9.17, 15) is 4.79 Å². The maximum absolute atomic E-state index is 11.1. The summed E-state index contributed by atoms with van der Waals surface area (Å²) in [7, 11) is 1.58. The smallest absolute Gasteiger partial charge is 0.335 e. The van der Waals surface area contributed by atoms with Gasteiger partial charge in [0, 0.05) is 5.39 Å².